The van der Waals surface area contributed by atoms with E-state index >= 15 is 0 Å². The normalized spacial score (nSPS) is 14.5. The molecule has 10 nitrogen and oxygen atoms in total. The summed E-state index contributed by atoms with van der Waals surface area (Å²) in [7, 11) is 1.67. The molecule has 1 aliphatic rings. The van der Waals surface area contributed by atoms with Crippen molar-refractivity contribution in [2.45, 2.75) is 39.0 Å². The molecule has 4 rings (SSSR count). The van der Waals surface area contributed by atoms with Crippen molar-refractivity contribution < 1.29 is 14.9 Å². The first-order chi connectivity index (χ1) is 16.0. The van der Waals surface area contributed by atoms with E-state index in [4.69, 9.17) is 15.6 Å². The van der Waals surface area contributed by atoms with E-state index in [1.165, 1.54) is 0 Å². The second-order valence-corrected chi connectivity index (χ2v) is 8.52. The van der Waals surface area contributed by atoms with Gasteiger partial charge in [0.2, 0.25) is 5.95 Å². The number of rotatable bonds is 11. The summed E-state index contributed by atoms with van der Waals surface area (Å²) < 4.78 is 7.47. The van der Waals surface area contributed by atoms with Crippen molar-refractivity contribution in [2.75, 3.05) is 50.5 Å². The molecule has 10 heteroatoms. The smallest absolute Gasteiger partial charge is 0.222 e. The molecule has 4 N–H and O–H groups in total. The largest absolute Gasteiger partial charge is 0.496 e. The average Bonchev–Trinajstić information content (AvgIpc) is 3.18. The van der Waals surface area contributed by atoms with E-state index in [0.29, 0.717) is 43.0 Å². The lowest BCUT2D eigenvalue weighted by molar-refractivity contribution is -0.00289. The van der Waals surface area contributed by atoms with Crippen LogP contribution in [0.15, 0.2) is 24.4 Å². The van der Waals surface area contributed by atoms with Crippen LogP contribution in [0.5, 0.6) is 5.75 Å². The second-order valence-electron chi connectivity index (χ2n) is 8.52. The van der Waals surface area contributed by atoms with Crippen LogP contribution in [0.25, 0.3) is 11.0 Å². The monoisotopic (exact) mass is 455 g/mol. The maximum Gasteiger partial charge on any atom is 0.222 e. The van der Waals surface area contributed by atoms with E-state index in [-0.39, 0.29) is 18.7 Å². The molecular weight excluding hydrogens is 422 g/mol. The predicted octanol–water partition coefficient (Wildman–Crippen LogP) is 1.24. The number of nitrogen functional groups attached to an aromatic ring is 1. The summed E-state index contributed by atoms with van der Waals surface area (Å²) in [4.78, 5) is 13.0. The molecule has 33 heavy (non-hydrogen) atoms. The predicted molar refractivity (Wildman–Crippen MR) is 127 cm³/mol. The van der Waals surface area contributed by atoms with Crippen LogP contribution in [0.2, 0.25) is 0 Å². The van der Waals surface area contributed by atoms with Gasteiger partial charge < -0.3 is 25.6 Å². The molecule has 2 aromatic heterocycles. The Morgan fingerprint density at radius 2 is 2.03 bits per heavy atom. The Labute approximate surface area is 193 Å². The minimum absolute atomic E-state index is 0.0236. The topological polar surface area (TPSA) is 126 Å². The zero-order valence-corrected chi connectivity index (χ0v) is 19.3. The van der Waals surface area contributed by atoms with Gasteiger partial charge in [-0.2, -0.15) is 10.1 Å². The number of aromatic nitrogens is 4. The van der Waals surface area contributed by atoms with Gasteiger partial charge in [0.1, 0.15) is 11.3 Å². The van der Waals surface area contributed by atoms with Crippen molar-refractivity contribution in [2.24, 2.45) is 0 Å². The Hall–Kier alpha value is -2.95. The Kier molecular flexibility index (Phi) is 7.26. The van der Waals surface area contributed by atoms with Gasteiger partial charge >= 0.3 is 0 Å². The summed E-state index contributed by atoms with van der Waals surface area (Å²) >= 11 is 0. The first-order valence-electron chi connectivity index (χ1n) is 11.4. The Balaban J connectivity index is 1.58. The van der Waals surface area contributed by atoms with Crippen molar-refractivity contribution in [3.05, 3.63) is 35.5 Å². The molecule has 0 unspecified atom stereocenters. The number of likely N-dealkylation sites (tertiary alicyclic amines) is 1. The van der Waals surface area contributed by atoms with Gasteiger partial charge in [0.15, 0.2) is 11.3 Å². The van der Waals surface area contributed by atoms with Gasteiger partial charge in [-0.15, -0.1) is 0 Å². The Morgan fingerprint density at radius 3 is 2.73 bits per heavy atom. The van der Waals surface area contributed by atoms with Crippen LogP contribution in [-0.4, -0.2) is 80.9 Å². The number of fused-ring (bicyclic) bond motifs is 1. The summed E-state index contributed by atoms with van der Waals surface area (Å²) in [6.45, 7) is 6.09. The Bertz CT molecular complexity index is 1080. The summed E-state index contributed by atoms with van der Waals surface area (Å²) in [5.74, 6) is 1.64. The molecule has 0 aliphatic carbocycles. The summed E-state index contributed by atoms with van der Waals surface area (Å²) in [6.07, 6.45) is 3.67. The van der Waals surface area contributed by atoms with E-state index in [2.05, 4.69) is 33.9 Å². The number of nitrogens with two attached hydrogens (primary N) is 1. The minimum atomic E-state index is -0.211. The molecule has 0 radical (unpaired) electrons. The maximum absolute atomic E-state index is 9.53. The highest BCUT2D eigenvalue weighted by Gasteiger charge is 2.24. The molecule has 1 aliphatic heterocycles. The molecule has 1 fully saturated rings. The van der Waals surface area contributed by atoms with Gasteiger partial charge in [0.25, 0.3) is 0 Å². The van der Waals surface area contributed by atoms with Crippen molar-refractivity contribution in [1.82, 2.24) is 24.6 Å². The first-order valence-corrected chi connectivity index (χ1v) is 11.4. The van der Waals surface area contributed by atoms with Gasteiger partial charge in [-0.05, 0) is 18.1 Å². The van der Waals surface area contributed by atoms with E-state index in [9.17, 15) is 10.2 Å². The number of hydrogen-bond acceptors (Lipinski definition) is 9. The summed E-state index contributed by atoms with van der Waals surface area (Å²) in [5.41, 5.74) is 9.47. The third-order valence-corrected chi connectivity index (χ3v) is 5.89. The quantitative estimate of drug-likeness (QED) is 0.391. The minimum Gasteiger partial charge on any atom is -0.496 e. The fourth-order valence-corrected chi connectivity index (χ4v) is 4.18. The van der Waals surface area contributed by atoms with Crippen molar-refractivity contribution in [3.63, 3.8) is 0 Å². The van der Waals surface area contributed by atoms with Crippen LogP contribution in [0.3, 0.4) is 0 Å². The second kappa shape index (κ2) is 10.3. The number of β-amino-alcohol motifs (C(OH)–C–C–N with tert-alkyl or cyclic N) is 1. The third kappa shape index (κ3) is 5.35. The SMILES string of the molecule is CCCCN(CCO)c1nc(N)nc2cn(Cc3ccc(CN4CC(O)C4)cc3OC)nc12. The maximum atomic E-state index is 9.53. The summed E-state index contributed by atoms with van der Waals surface area (Å²) in [5, 5.41) is 23.8. The zero-order chi connectivity index (χ0) is 23.4. The third-order valence-electron chi connectivity index (χ3n) is 5.89. The van der Waals surface area contributed by atoms with Crippen LogP contribution < -0.4 is 15.4 Å². The van der Waals surface area contributed by atoms with Gasteiger partial charge in [-0.3, -0.25) is 9.58 Å². The van der Waals surface area contributed by atoms with Crippen LogP contribution in [0, 0.1) is 0 Å². The molecule has 0 amide bonds. The first kappa shape index (κ1) is 23.2. The highest BCUT2D eigenvalue weighted by Crippen LogP contribution is 2.26. The lowest BCUT2D eigenvalue weighted by Crippen LogP contribution is -2.49. The fraction of sp³-hybridized carbons (Fsp3) is 0.522. The highest BCUT2D eigenvalue weighted by molar-refractivity contribution is 5.86. The number of unbranched alkanes of at least 4 members (excludes halogenated alkanes) is 1. The molecule has 0 saturated carbocycles. The van der Waals surface area contributed by atoms with E-state index in [1.807, 2.05) is 21.8 Å². The molecular formula is C23H33N7O3. The average molecular weight is 456 g/mol. The lowest BCUT2D eigenvalue weighted by atomic mass is 10.1. The summed E-state index contributed by atoms with van der Waals surface area (Å²) in [6, 6.07) is 6.18. The van der Waals surface area contributed by atoms with E-state index < -0.39 is 0 Å². The highest BCUT2D eigenvalue weighted by atomic mass is 16.5. The lowest BCUT2D eigenvalue weighted by Gasteiger charge is -2.35. The fourth-order valence-electron chi connectivity index (χ4n) is 4.18. The van der Waals surface area contributed by atoms with Crippen molar-refractivity contribution in [3.8, 4) is 5.75 Å². The van der Waals surface area contributed by atoms with Gasteiger partial charge in [-0.25, -0.2) is 4.98 Å². The van der Waals surface area contributed by atoms with Crippen molar-refractivity contribution in [1.29, 1.82) is 0 Å². The number of anilines is 2. The van der Waals surface area contributed by atoms with Crippen LogP contribution in [-0.2, 0) is 13.1 Å². The van der Waals surface area contributed by atoms with Crippen LogP contribution >= 0.6 is 0 Å². The van der Waals surface area contributed by atoms with Gasteiger partial charge in [0.05, 0.1) is 32.6 Å². The van der Waals surface area contributed by atoms with E-state index in [1.54, 1.807) is 7.11 Å². The van der Waals surface area contributed by atoms with Crippen LogP contribution in [0.1, 0.15) is 30.9 Å². The number of aliphatic hydroxyl groups excluding tert-OH is 2. The number of hydrogen-bond donors (Lipinski definition) is 3. The molecule has 0 bridgehead atoms. The number of methoxy groups -OCH3 is 1. The van der Waals surface area contributed by atoms with Crippen LogP contribution in [0.4, 0.5) is 11.8 Å². The molecule has 1 saturated heterocycles. The molecule has 3 aromatic rings. The van der Waals surface area contributed by atoms with Gasteiger partial charge in [0, 0.05) is 38.3 Å². The van der Waals surface area contributed by atoms with Crippen molar-refractivity contribution >= 4 is 22.8 Å². The number of benzene rings is 1. The molecule has 178 valence electrons. The molecule has 0 spiro atoms. The molecule has 1 aromatic carbocycles. The van der Waals surface area contributed by atoms with Gasteiger partial charge in [-0.1, -0.05) is 25.5 Å². The zero-order valence-electron chi connectivity index (χ0n) is 19.3. The molecule has 3 heterocycles. The molecule has 0 atom stereocenters. The number of ether oxygens (including phenoxy) is 1. The van der Waals surface area contributed by atoms with E-state index in [0.717, 1.165) is 42.8 Å². The number of nitrogens with zero attached hydrogens (tertiary/aromatic N) is 6. The Morgan fingerprint density at radius 1 is 1.21 bits per heavy atom. The number of aliphatic hydroxyl groups is 2. The standard InChI is InChI=1S/C23H33N7O3/c1-3-4-7-29(8-9-31)22-21-19(25-23(24)26-22)15-30(27-21)12-17-6-5-16(10-20(17)33-2)11-28-13-18(32)14-28/h5-6,10,15,18,31-32H,3-4,7-9,11-14H2,1-2H3,(H2,24,25).